The maximum atomic E-state index is 15.4. The Bertz CT molecular complexity index is 4100. The third kappa shape index (κ3) is 17.4. The van der Waals surface area contributed by atoms with Crippen molar-refractivity contribution in [3.05, 3.63) is 224 Å². The molecule has 3 aromatic heterocycles. The molecule has 0 radical (unpaired) electrons. The topological polar surface area (TPSA) is 181 Å². The van der Waals surface area contributed by atoms with Crippen molar-refractivity contribution in [2.45, 2.75) is 78.9 Å². The maximum absolute atomic E-state index is 15.4. The molecule has 1 N–H and O–H groups in total. The van der Waals surface area contributed by atoms with Gasteiger partial charge >= 0.3 is 11.9 Å². The third-order valence-electron chi connectivity index (χ3n) is 14.2. The number of anilines is 1. The lowest BCUT2D eigenvalue weighted by molar-refractivity contribution is -0.117. The van der Waals surface area contributed by atoms with Gasteiger partial charge in [-0.05, 0) is 121 Å². The van der Waals surface area contributed by atoms with E-state index in [0.29, 0.717) is 76.9 Å². The summed E-state index contributed by atoms with van der Waals surface area (Å²) in [4.78, 5) is 50.1. The van der Waals surface area contributed by atoms with Crippen molar-refractivity contribution in [3.8, 4) is 34.5 Å². The fraction of sp³-hybridized carbons (Fsp3) is 0.254. The van der Waals surface area contributed by atoms with Crippen LogP contribution in [0.3, 0.4) is 0 Å². The SMILES string of the molecule is C.C.COC(=O)c1ccc(CC(=O)Cc2cc(F)c(Oc3ccnc(COc4ccc(Cl)cc4F)c3)cc2F)c(NC[C@@H]2CCO2)c1.COC(=O)c1ccc2nc(Cc3cc(F)c(Oc4ccnc(COc5ccc(Cl)cc5F)c4)cc3F)n(CC3CCO3)c2c1. The number of pyridine rings is 2. The number of rotatable bonds is 23. The van der Waals surface area contributed by atoms with Crippen LogP contribution in [-0.2, 0) is 62.8 Å². The lowest BCUT2D eigenvalue weighted by Crippen LogP contribution is -2.33. The monoisotopic (exact) mass is 1300 g/mol. The highest BCUT2D eigenvalue weighted by molar-refractivity contribution is 6.30. The molecule has 1 unspecified atom stereocenters. The van der Waals surface area contributed by atoms with Crippen molar-refractivity contribution in [1.82, 2.24) is 19.5 Å². The summed E-state index contributed by atoms with van der Waals surface area (Å²) in [6, 6.07) is 27.4. The van der Waals surface area contributed by atoms with Gasteiger partial charge in [-0.1, -0.05) is 44.1 Å². The quantitative estimate of drug-likeness (QED) is 0.0471. The number of hydrogen-bond donors (Lipinski definition) is 1. The van der Waals surface area contributed by atoms with Gasteiger partial charge in [-0.25, -0.2) is 40.9 Å². The lowest BCUT2D eigenvalue weighted by atomic mass is 9.99. The van der Waals surface area contributed by atoms with E-state index >= 15 is 17.6 Å². The van der Waals surface area contributed by atoms with Crippen molar-refractivity contribution in [3.63, 3.8) is 0 Å². The van der Waals surface area contributed by atoms with E-state index in [1.165, 1.54) is 75.1 Å². The molecule has 2 aliphatic heterocycles. The van der Waals surface area contributed by atoms with E-state index in [4.69, 9.17) is 61.1 Å². The van der Waals surface area contributed by atoms with Gasteiger partial charge < -0.3 is 47.8 Å². The summed E-state index contributed by atoms with van der Waals surface area (Å²) in [6.45, 7) is 2.04. The zero-order valence-electron chi connectivity index (χ0n) is 47.4. The van der Waals surface area contributed by atoms with Crippen LogP contribution in [-0.4, -0.2) is 83.4 Å². The molecule has 91 heavy (non-hydrogen) atoms. The normalized spacial score (nSPS) is 13.8. The van der Waals surface area contributed by atoms with E-state index in [9.17, 15) is 23.2 Å². The number of ketones is 1. The van der Waals surface area contributed by atoms with Crippen LogP contribution in [0.2, 0.25) is 10.0 Å². The maximum Gasteiger partial charge on any atom is 0.337 e. The Morgan fingerprint density at radius 1 is 0.571 bits per heavy atom. The molecule has 0 amide bonds. The molecule has 2 saturated heterocycles. The van der Waals surface area contributed by atoms with Crippen LogP contribution in [0.15, 0.2) is 134 Å². The number of aromatic nitrogens is 4. The molecule has 476 valence electrons. The van der Waals surface area contributed by atoms with E-state index in [-0.39, 0.29) is 115 Å². The largest absolute Gasteiger partial charge is 0.484 e. The molecule has 0 spiro atoms. The first-order valence-corrected chi connectivity index (χ1v) is 28.4. The van der Waals surface area contributed by atoms with Gasteiger partial charge in [0, 0.05) is 91.4 Å². The van der Waals surface area contributed by atoms with Crippen molar-refractivity contribution >= 4 is 57.6 Å². The van der Waals surface area contributed by atoms with Crippen LogP contribution in [0.25, 0.3) is 11.0 Å². The van der Waals surface area contributed by atoms with Crippen LogP contribution < -0.4 is 24.3 Å². The zero-order valence-corrected chi connectivity index (χ0v) is 48.9. The number of methoxy groups -OCH3 is 2. The fourth-order valence-corrected chi connectivity index (χ4v) is 9.68. The summed E-state index contributed by atoms with van der Waals surface area (Å²) in [7, 11) is 2.57. The Kier molecular flexibility index (Phi) is 23.1. The second-order valence-corrected chi connectivity index (χ2v) is 21.2. The minimum absolute atomic E-state index is 0. The van der Waals surface area contributed by atoms with Gasteiger partial charge in [0.1, 0.15) is 48.0 Å². The van der Waals surface area contributed by atoms with E-state index in [1.54, 1.807) is 36.4 Å². The van der Waals surface area contributed by atoms with Gasteiger partial charge in [-0.3, -0.25) is 14.8 Å². The fourth-order valence-electron chi connectivity index (χ4n) is 9.36. The number of carbonyl (C=O) groups excluding carboxylic acids is 3. The van der Waals surface area contributed by atoms with E-state index in [1.807, 2.05) is 4.57 Å². The summed E-state index contributed by atoms with van der Waals surface area (Å²) < 4.78 is 133. The minimum Gasteiger partial charge on any atom is -0.484 e. The number of imidazole rings is 1. The highest BCUT2D eigenvalue weighted by Crippen LogP contribution is 2.33. The number of fused-ring (bicyclic) bond motifs is 1. The third-order valence-corrected chi connectivity index (χ3v) is 14.6. The average Bonchev–Trinajstić information content (AvgIpc) is 1.68. The highest BCUT2D eigenvalue weighted by atomic mass is 35.5. The van der Waals surface area contributed by atoms with Crippen LogP contribution in [0.1, 0.15) is 82.3 Å². The molecule has 0 aliphatic carbocycles. The first kappa shape index (κ1) is 67.7. The van der Waals surface area contributed by atoms with Gasteiger partial charge in [0.15, 0.2) is 46.3 Å². The molecule has 2 aliphatic rings. The first-order chi connectivity index (χ1) is 42.9. The number of carbonyl (C=O) groups is 3. The van der Waals surface area contributed by atoms with Gasteiger partial charge in [-0.2, -0.15) is 0 Å². The lowest BCUT2D eigenvalue weighted by Gasteiger charge is -2.27. The van der Waals surface area contributed by atoms with Gasteiger partial charge in [0.25, 0.3) is 0 Å². The molecule has 6 aromatic carbocycles. The molecular formula is C67H61Cl2F6N5O11. The summed E-state index contributed by atoms with van der Waals surface area (Å²) >= 11 is 11.5. The van der Waals surface area contributed by atoms with E-state index < -0.39 is 52.6 Å². The smallest absolute Gasteiger partial charge is 0.337 e. The molecule has 2 atom stereocenters. The van der Waals surface area contributed by atoms with Crippen LogP contribution in [0.5, 0.6) is 34.5 Å². The van der Waals surface area contributed by atoms with Gasteiger partial charge in [0.2, 0.25) is 0 Å². The number of benzene rings is 6. The zero-order chi connectivity index (χ0) is 62.7. The molecule has 24 heteroatoms. The molecule has 5 heterocycles. The van der Waals surface area contributed by atoms with Crippen LogP contribution in [0, 0.1) is 34.9 Å². The Balaban J connectivity index is 0.000000230. The second kappa shape index (κ2) is 31.0. The van der Waals surface area contributed by atoms with Crippen molar-refractivity contribution in [2.24, 2.45) is 0 Å². The molecule has 0 saturated carbocycles. The van der Waals surface area contributed by atoms with Crippen molar-refractivity contribution in [2.75, 3.05) is 39.3 Å². The van der Waals surface area contributed by atoms with Crippen molar-refractivity contribution < 1.29 is 78.6 Å². The highest BCUT2D eigenvalue weighted by Gasteiger charge is 2.25. The summed E-state index contributed by atoms with van der Waals surface area (Å²) in [5, 5.41) is 3.67. The number of hydrogen-bond acceptors (Lipinski definition) is 15. The van der Waals surface area contributed by atoms with E-state index in [2.05, 4.69) is 20.3 Å². The Labute approximate surface area is 529 Å². The Morgan fingerprint density at radius 3 is 1.60 bits per heavy atom. The number of ether oxygens (including phenoxy) is 8. The summed E-state index contributed by atoms with van der Waals surface area (Å²) in [6.07, 6.45) is 4.04. The molecule has 9 aromatic rings. The number of nitrogens with one attached hydrogen (secondary N) is 1. The predicted molar refractivity (Wildman–Crippen MR) is 328 cm³/mol. The van der Waals surface area contributed by atoms with E-state index in [0.717, 1.165) is 49.2 Å². The van der Waals surface area contributed by atoms with Gasteiger partial charge in [-0.15, -0.1) is 0 Å². The number of halogens is 8. The Hall–Kier alpha value is -9.22. The molecule has 11 rings (SSSR count). The van der Waals surface area contributed by atoms with Crippen LogP contribution >= 0.6 is 23.2 Å². The number of nitrogens with zero attached hydrogens (tertiary/aromatic N) is 4. The average molecular weight is 1300 g/mol. The van der Waals surface area contributed by atoms with Crippen LogP contribution in [0.4, 0.5) is 32.0 Å². The number of Topliss-reactive ketones (excluding diaryl/α,β-unsaturated/α-hetero) is 1. The predicted octanol–water partition coefficient (Wildman–Crippen LogP) is 15.2. The van der Waals surface area contributed by atoms with Crippen molar-refractivity contribution in [1.29, 1.82) is 0 Å². The summed E-state index contributed by atoms with van der Waals surface area (Å²) in [5.41, 5.74) is 3.71. The standard InChI is InChI=1S/C33H28ClF3N2O6.C32H25ClF3N3O5.2CH4/c1-42-33(41)20-3-2-19(30(13-20)39-17-26-7-9-43-26)10-24(40)11-21-12-28(36)32(16-27(21)35)45-25-6-8-38-23(15-25)18-44-31-5-4-22(34)14-29(31)37;1-41-32(40)18-2-4-27-28(11-18)39(16-23-7-9-42-23)31(38-27)12-19-10-25(35)30(15-24(19)34)44-22-6-8-37-21(14-22)17-43-29-5-3-20(33)13-26(29)36;;/h2-6,8,12-16,26,39H,7,9-11,17-18H2,1H3;2-6,8,10-11,13-15,23H,7,9,12,16-17H2,1H3;2*1H4/t26-;;;/m0.../s1. The molecule has 16 nitrogen and oxygen atoms in total. The first-order valence-electron chi connectivity index (χ1n) is 27.6. The summed E-state index contributed by atoms with van der Waals surface area (Å²) in [5.74, 6) is -5.76. The molecular weight excluding hydrogens is 1240 g/mol. The molecule has 2 fully saturated rings. The number of esters is 2. The molecule has 0 bridgehead atoms. The second-order valence-electron chi connectivity index (χ2n) is 20.4. The minimum atomic E-state index is -0.873. The Morgan fingerprint density at radius 2 is 1.08 bits per heavy atom. The van der Waals surface area contributed by atoms with Gasteiger partial charge in [0.05, 0.1) is 66.5 Å².